The molecule has 0 radical (unpaired) electrons. The normalized spacial score (nSPS) is 18.6. The van der Waals surface area contributed by atoms with E-state index in [4.69, 9.17) is 10.5 Å². The standard InChI is InChI=1S/C20H29FN4O3/c1-13(2)11-25(14-3-4-14)18(10-22)20(27)23-17-6-5-15(9-16(17)21)24-7-8-28-12-19(24)26/h5-6,9,13-14,18H,3-4,7-8,10-12,22H2,1-2H3,(H,23,27)/t18-/m1/s1. The third kappa shape index (κ3) is 4.87. The van der Waals surface area contributed by atoms with Gasteiger partial charge in [0.05, 0.1) is 12.3 Å². The van der Waals surface area contributed by atoms with E-state index in [1.54, 1.807) is 6.07 Å². The summed E-state index contributed by atoms with van der Waals surface area (Å²) in [6, 6.07) is 4.27. The second kappa shape index (κ2) is 8.98. The van der Waals surface area contributed by atoms with Gasteiger partial charge >= 0.3 is 0 Å². The molecule has 0 bridgehead atoms. The molecule has 1 aromatic rings. The van der Waals surface area contributed by atoms with Crippen LogP contribution in [0.2, 0.25) is 0 Å². The summed E-state index contributed by atoms with van der Waals surface area (Å²) >= 11 is 0. The van der Waals surface area contributed by atoms with Crippen LogP contribution in [0.5, 0.6) is 0 Å². The van der Waals surface area contributed by atoms with Gasteiger partial charge in [-0.3, -0.25) is 14.5 Å². The van der Waals surface area contributed by atoms with Gasteiger partial charge in [-0.2, -0.15) is 0 Å². The summed E-state index contributed by atoms with van der Waals surface area (Å²) in [6.07, 6.45) is 2.13. The van der Waals surface area contributed by atoms with Crippen molar-refractivity contribution < 1.29 is 18.7 Å². The molecule has 1 atom stereocenters. The molecule has 2 fully saturated rings. The van der Waals surface area contributed by atoms with Gasteiger partial charge in [0.25, 0.3) is 5.91 Å². The summed E-state index contributed by atoms with van der Waals surface area (Å²) in [4.78, 5) is 28.4. The number of ether oxygens (including phenoxy) is 1. The van der Waals surface area contributed by atoms with Crippen LogP contribution in [0, 0.1) is 11.7 Å². The van der Waals surface area contributed by atoms with Gasteiger partial charge in [0.15, 0.2) is 0 Å². The molecule has 7 nitrogen and oxygen atoms in total. The highest BCUT2D eigenvalue weighted by molar-refractivity contribution is 5.97. The van der Waals surface area contributed by atoms with Crippen molar-refractivity contribution in [2.24, 2.45) is 11.7 Å². The second-order valence-electron chi connectivity index (χ2n) is 7.82. The van der Waals surface area contributed by atoms with E-state index >= 15 is 0 Å². The molecule has 1 heterocycles. The van der Waals surface area contributed by atoms with Crippen molar-refractivity contribution in [3.05, 3.63) is 24.0 Å². The lowest BCUT2D eigenvalue weighted by molar-refractivity contribution is -0.125. The lowest BCUT2D eigenvalue weighted by Gasteiger charge is -2.31. The van der Waals surface area contributed by atoms with Crippen molar-refractivity contribution in [1.82, 2.24) is 4.90 Å². The highest BCUT2D eigenvalue weighted by Gasteiger charge is 2.37. The number of hydrogen-bond acceptors (Lipinski definition) is 5. The van der Waals surface area contributed by atoms with Gasteiger partial charge < -0.3 is 20.7 Å². The Bertz CT molecular complexity index is 723. The number of carbonyl (C=O) groups is 2. The first-order valence-electron chi connectivity index (χ1n) is 9.85. The van der Waals surface area contributed by atoms with Gasteiger partial charge in [0.1, 0.15) is 18.5 Å². The molecule has 28 heavy (non-hydrogen) atoms. The van der Waals surface area contributed by atoms with E-state index in [1.165, 1.54) is 17.0 Å². The number of nitrogens with two attached hydrogens (primary N) is 1. The zero-order valence-corrected chi connectivity index (χ0v) is 16.5. The Morgan fingerprint density at radius 2 is 2.18 bits per heavy atom. The predicted octanol–water partition coefficient (Wildman–Crippen LogP) is 1.58. The number of rotatable bonds is 8. The van der Waals surface area contributed by atoms with Crippen molar-refractivity contribution in [2.75, 3.05) is 43.1 Å². The smallest absolute Gasteiger partial charge is 0.253 e. The molecular weight excluding hydrogens is 363 g/mol. The number of morpholine rings is 1. The minimum atomic E-state index is -0.581. The van der Waals surface area contributed by atoms with Gasteiger partial charge in [0.2, 0.25) is 5.91 Å². The zero-order valence-electron chi connectivity index (χ0n) is 16.5. The molecule has 1 saturated heterocycles. The molecule has 1 aromatic carbocycles. The van der Waals surface area contributed by atoms with Crippen molar-refractivity contribution in [1.29, 1.82) is 0 Å². The highest BCUT2D eigenvalue weighted by atomic mass is 19.1. The van der Waals surface area contributed by atoms with Crippen LogP contribution in [0.4, 0.5) is 15.8 Å². The van der Waals surface area contributed by atoms with Crippen LogP contribution in [-0.4, -0.2) is 61.6 Å². The average Bonchev–Trinajstić information content (AvgIpc) is 3.48. The maximum absolute atomic E-state index is 14.6. The van der Waals surface area contributed by atoms with E-state index in [0.29, 0.717) is 30.8 Å². The molecule has 1 saturated carbocycles. The molecule has 0 aromatic heterocycles. The summed E-state index contributed by atoms with van der Waals surface area (Å²) in [6.45, 7) is 5.95. The van der Waals surface area contributed by atoms with Crippen LogP contribution in [0.15, 0.2) is 18.2 Å². The average molecular weight is 392 g/mol. The molecule has 1 aliphatic carbocycles. The Morgan fingerprint density at radius 1 is 1.43 bits per heavy atom. The minimum absolute atomic E-state index is 0.00879. The zero-order chi connectivity index (χ0) is 20.3. The van der Waals surface area contributed by atoms with E-state index in [1.807, 2.05) is 0 Å². The molecule has 8 heteroatoms. The number of carbonyl (C=O) groups excluding carboxylic acids is 2. The number of benzene rings is 1. The Morgan fingerprint density at radius 3 is 2.75 bits per heavy atom. The van der Waals surface area contributed by atoms with Crippen LogP contribution in [-0.2, 0) is 14.3 Å². The van der Waals surface area contributed by atoms with Gasteiger partial charge in [-0.15, -0.1) is 0 Å². The molecule has 0 unspecified atom stereocenters. The predicted molar refractivity (Wildman–Crippen MR) is 106 cm³/mol. The maximum Gasteiger partial charge on any atom is 0.253 e. The number of anilines is 2. The topological polar surface area (TPSA) is 87.9 Å². The van der Waals surface area contributed by atoms with E-state index in [9.17, 15) is 14.0 Å². The molecule has 3 N–H and O–H groups in total. The van der Waals surface area contributed by atoms with Crippen LogP contribution < -0.4 is 16.0 Å². The Balaban J connectivity index is 1.71. The lowest BCUT2D eigenvalue weighted by atomic mass is 10.1. The number of halogens is 1. The molecule has 154 valence electrons. The molecule has 2 amide bonds. The maximum atomic E-state index is 14.6. The van der Waals surface area contributed by atoms with Gasteiger partial charge in [-0.1, -0.05) is 13.8 Å². The van der Waals surface area contributed by atoms with E-state index in [2.05, 4.69) is 24.1 Å². The fourth-order valence-corrected chi connectivity index (χ4v) is 3.53. The van der Waals surface area contributed by atoms with E-state index < -0.39 is 11.9 Å². The third-order valence-corrected chi connectivity index (χ3v) is 5.03. The summed E-state index contributed by atoms with van der Waals surface area (Å²) < 4.78 is 19.7. The van der Waals surface area contributed by atoms with Crippen molar-refractivity contribution >= 4 is 23.2 Å². The molecule has 1 aliphatic heterocycles. The number of nitrogens with one attached hydrogen (secondary N) is 1. The summed E-state index contributed by atoms with van der Waals surface area (Å²) in [5.74, 6) is -0.684. The Labute approximate surface area is 165 Å². The molecule has 3 rings (SSSR count). The van der Waals surface area contributed by atoms with Crippen molar-refractivity contribution in [2.45, 2.75) is 38.8 Å². The van der Waals surface area contributed by atoms with Gasteiger partial charge in [0, 0.05) is 31.4 Å². The molecule has 0 spiro atoms. The highest BCUT2D eigenvalue weighted by Crippen LogP contribution is 2.30. The van der Waals surface area contributed by atoms with Crippen LogP contribution in [0.1, 0.15) is 26.7 Å². The number of nitrogens with zero attached hydrogens (tertiary/aromatic N) is 2. The first kappa shape index (κ1) is 20.7. The monoisotopic (exact) mass is 392 g/mol. The molecular formula is C20H29FN4O3. The number of amides is 2. The van der Waals surface area contributed by atoms with Crippen LogP contribution in [0.25, 0.3) is 0 Å². The fraction of sp³-hybridized carbons (Fsp3) is 0.600. The molecule has 2 aliphatic rings. The Hall–Kier alpha value is -2.03. The third-order valence-electron chi connectivity index (χ3n) is 5.03. The van der Waals surface area contributed by atoms with Crippen LogP contribution >= 0.6 is 0 Å². The lowest BCUT2D eigenvalue weighted by Crippen LogP contribution is -2.51. The number of hydrogen-bond donors (Lipinski definition) is 2. The van der Waals surface area contributed by atoms with Gasteiger partial charge in [-0.05, 0) is 37.0 Å². The quantitative estimate of drug-likeness (QED) is 0.701. The Kier molecular flexibility index (Phi) is 6.64. The van der Waals surface area contributed by atoms with E-state index in [-0.39, 0.29) is 30.7 Å². The van der Waals surface area contributed by atoms with E-state index in [0.717, 1.165) is 19.4 Å². The van der Waals surface area contributed by atoms with Crippen LogP contribution in [0.3, 0.4) is 0 Å². The van der Waals surface area contributed by atoms with Gasteiger partial charge in [-0.25, -0.2) is 4.39 Å². The summed E-state index contributed by atoms with van der Waals surface area (Å²) in [5.41, 5.74) is 6.44. The first-order valence-corrected chi connectivity index (χ1v) is 9.85. The largest absolute Gasteiger partial charge is 0.370 e. The fourth-order valence-electron chi connectivity index (χ4n) is 3.53. The SMILES string of the molecule is CC(C)CN(C1CC1)[C@H](CN)C(=O)Nc1ccc(N2CCOCC2=O)cc1F. The minimum Gasteiger partial charge on any atom is -0.370 e. The summed E-state index contributed by atoms with van der Waals surface area (Å²) in [7, 11) is 0. The van der Waals surface area contributed by atoms with Crippen molar-refractivity contribution in [3.8, 4) is 0 Å². The first-order chi connectivity index (χ1) is 13.4. The summed E-state index contributed by atoms with van der Waals surface area (Å²) in [5, 5.41) is 2.68. The second-order valence-corrected chi connectivity index (χ2v) is 7.82. The van der Waals surface area contributed by atoms with Crippen molar-refractivity contribution in [3.63, 3.8) is 0 Å².